The number of rotatable bonds is 2. The van der Waals surface area contributed by atoms with Crippen LogP contribution in [0.15, 0.2) is 54.7 Å². The lowest BCUT2D eigenvalue weighted by Crippen LogP contribution is -2.20. The van der Waals surface area contributed by atoms with E-state index in [4.69, 9.17) is 4.74 Å². The van der Waals surface area contributed by atoms with Crippen LogP contribution < -0.4 is 4.74 Å². The van der Waals surface area contributed by atoms with Crippen molar-refractivity contribution < 1.29 is 9.13 Å². The SMILES string of the molecule is Fc1ccc2c(c1)CC(Cn1ccc3ccccc31)O2. The maximum atomic E-state index is 13.2. The molecule has 2 nitrogen and oxygen atoms in total. The van der Waals surface area contributed by atoms with Crippen molar-refractivity contribution in [2.24, 2.45) is 0 Å². The summed E-state index contributed by atoms with van der Waals surface area (Å²) in [6.45, 7) is 0.782. The van der Waals surface area contributed by atoms with E-state index in [0.717, 1.165) is 24.3 Å². The van der Waals surface area contributed by atoms with Crippen molar-refractivity contribution >= 4 is 10.9 Å². The van der Waals surface area contributed by atoms with E-state index in [1.165, 1.54) is 17.0 Å². The van der Waals surface area contributed by atoms with Crippen LogP contribution in [0.3, 0.4) is 0 Å². The average Bonchev–Trinajstić information content (AvgIpc) is 3.03. The van der Waals surface area contributed by atoms with Gasteiger partial charge in [0.1, 0.15) is 17.7 Å². The van der Waals surface area contributed by atoms with Crippen molar-refractivity contribution in [3.8, 4) is 5.75 Å². The van der Waals surface area contributed by atoms with E-state index >= 15 is 0 Å². The van der Waals surface area contributed by atoms with Crippen LogP contribution in [-0.2, 0) is 13.0 Å². The highest BCUT2D eigenvalue weighted by molar-refractivity contribution is 5.79. The standard InChI is InChI=1S/C17H14FNO/c18-14-5-6-17-13(9-14)10-15(20-17)11-19-8-7-12-3-1-2-4-16(12)19/h1-9,15H,10-11H2. The molecule has 1 unspecified atom stereocenters. The van der Waals surface area contributed by atoms with Crippen molar-refractivity contribution in [2.45, 2.75) is 19.1 Å². The molecule has 0 fully saturated rings. The molecule has 1 aromatic heterocycles. The predicted molar refractivity (Wildman–Crippen MR) is 76.5 cm³/mol. The van der Waals surface area contributed by atoms with Gasteiger partial charge in [-0.05, 0) is 35.7 Å². The molecule has 0 bridgehead atoms. The quantitative estimate of drug-likeness (QED) is 0.689. The lowest BCUT2D eigenvalue weighted by molar-refractivity contribution is 0.211. The molecule has 4 rings (SSSR count). The Balaban J connectivity index is 1.59. The molecule has 0 N–H and O–H groups in total. The van der Waals surface area contributed by atoms with Gasteiger partial charge in [0.2, 0.25) is 0 Å². The zero-order chi connectivity index (χ0) is 13.5. The van der Waals surface area contributed by atoms with Crippen molar-refractivity contribution in [2.75, 3.05) is 0 Å². The third kappa shape index (κ3) is 1.86. The van der Waals surface area contributed by atoms with E-state index in [1.54, 1.807) is 12.1 Å². The van der Waals surface area contributed by atoms with Crippen molar-refractivity contribution in [1.29, 1.82) is 0 Å². The molecule has 3 heteroatoms. The third-order valence-corrected chi connectivity index (χ3v) is 3.84. The molecule has 100 valence electrons. The van der Waals surface area contributed by atoms with E-state index in [1.807, 2.05) is 12.1 Å². The zero-order valence-electron chi connectivity index (χ0n) is 10.9. The average molecular weight is 267 g/mol. The minimum Gasteiger partial charge on any atom is -0.488 e. The fourth-order valence-corrected chi connectivity index (χ4v) is 2.91. The number of nitrogens with zero attached hydrogens (tertiary/aromatic N) is 1. The highest BCUT2D eigenvalue weighted by atomic mass is 19.1. The van der Waals surface area contributed by atoms with Crippen molar-refractivity contribution in [1.82, 2.24) is 4.57 Å². The van der Waals surface area contributed by atoms with Gasteiger partial charge in [-0.25, -0.2) is 4.39 Å². The Morgan fingerprint density at radius 1 is 1.15 bits per heavy atom. The second kappa shape index (κ2) is 4.37. The second-order valence-electron chi connectivity index (χ2n) is 5.22. The van der Waals surface area contributed by atoms with E-state index in [-0.39, 0.29) is 11.9 Å². The number of fused-ring (bicyclic) bond motifs is 2. The number of hydrogen-bond acceptors (Lipinski definition) is 1. The first-order valence-electron chi connectivity index (χ1n) is 6.78. The van der Waals surface area contributed by atoms with Crippen LogP contribution >= 0.6 is 0 Å². The van der Waals surface area contributed by atoms with Gasteiger partial charge in [-0.1, -0.05) is 18.2 Å². The number of para-hydroxylation sites is 1. The summed E-state index contributed by atoms with van der Waals surface area (Å²) in [7, 11) is 0. The number of hydrogen-bond donors (Lipinski definition) is 0. The van der Waals surface area contributed by atoms with Crippen LogP contribution in [0.2, 0.25) is 0 Å². The summed E-state index contributed by atoms with van der Waals surface area (Å²) in [4.78, 5) is 0. The van der Waals surface area contributed by atoms with Gasteiger partial charge < -0.3 is 9.30 Å². The van der Waals surface area contributed by atoms with Crippen LogP contribution in [0.1, 0.15) is 5.56 Å². The van der Waals surface area contributed by atoms with Gasteiger partial charge in [0.15, 0.2) is 0 Å². The molecule has 2 aromatic carbocycles. The van der Waals surface area contributed by atoms with Gasteiger partial charge >= 0.3 is 0 Å². The highest BCUT2D eigenvalue weighted by Crippen LogP contribution is 2.30. The number of benzene rings is 2. The Labute approximate surface area is 116 Å². The summed E-state index contributed by atoms with van der Waals surface area (Å²) in [6, 6.07) is 15.1. The molecular weight excluding hydrogens is 253 g/mol. The summed E-state index contributed by atoms with van der Waals surface area (Å²) in [6.07, 6.45) is 2.92. The molecule has 1 aliphatic rings. The lowest BCUT2D eigenvalue weighted by Gasteiger charge is -2.12. The summed E-state index contributed by atoms with van der Waals surface area (Å²) < 4.78 is 21.3. The first-order valence-corrected chi connectivity index (χ1v) is 6.78. The molecule has 0 saturated heterocycles. The summed E-state index contributed by atoms with van der Waals surface area (Å²) in [5.74, 6) is 0.618. The third-order valence-electron chi connectivity index (χ3n) is 3.84. The fraction of sp³-hybridized carbons (Fsp3) is 0.176. The molecule has 0 spiro atoms. The molecule has 20 heavy (non-hydrogen) atoms. The van der Waals surface area contributed by atoms with Crippen molar-refractivity contribution in [3.05, 3.63) is 66.1 Å². The molecule has 1 atom stereocenters. The van der Waals surface area contributed by atoms with Crippen molar-refractivity contribution in [3.63, 3.8) is 0 Å². The second-order valence-corrected chi connectivity index (χ2v) is 5.22. The van der Waals surface area contributed by atoms with Crippen LogP contribution in [0.4, 0.5) is 4.39 Å². The summed E-state index contributed by atoms with van der Waals surface area (Å²) in [5.41, 5.74) is 2.17. The van der Waals surface area contributed by atoms with E-state index in [2.05, 4.69) is 29.0 Å². The summed E-state index contributed by atoms with van der Waals surface area (Å²) in [5, 5.41) is 1.23. The number of ether oxygens (including phenoxy) is 1. The Kier molecular flexibility index (Phi) is 2.52. The van der Waals surface area contributed by atoms with E-state index < -0.39 is 0 Å². The highest BCUT2D eigenvalue weighted by Gasteiger charge is 2.23. The maximum Gasteiger partial charge on any atom is 0.123 e. The van der Waals surface area contributed by atoms with Crippen LogP contribution in [0, 0.1) is 5.82 Å². The van der Waals surface area contributed by atoms with Gasteiger partial charge in [0.25, 0.3) is 0 Å². The predicted octanol–water partition coefficient (Wildman–Crippen LogP) is 3.78. The first-order chi connectivity index (χ1) is 9.79. The minimum atomic E-state index is -0.195. The monoisotopic (exact) mass is 267 g/mol. The topological polar surface area (TPSA) is 14.2 Å². The van der Waals surface area contributed by atoms with Gasteiger partial charge in [0.05, 0.1) is 6.54 Å². The Bertz CT molecular complexity index is 778. The normalized spacial score (nSPS) is 17.1. The fourth-order valence-electron chi connectivity index (χ4n) is 2.91. The van der Waals surface area contributed by atoms with Gasteiger partial charge in [-0.3, -0.25) is 0 Å². The van der Waals surface area contributed by atoms with Gasteiger partial charge in [-0.2, -0.15) is 0 Å². The van der Waals surface area contributed by atoms with Crippen LogP contribution in [-0.4, -0.2) is 10.7 Å². The molecule has 3 aromatic rings. The van der Waals surface area contributed by atoms with E-state index in [0.29, 0.717) is 0 Å². The maximum absolute atomic E-state index is 13.2. The molecule has 0 radical (unpaired) electrons. The molecule has 0 saturated carbocycles. The summed E-state index contributed by atoms with van der Waals surface area (Å²) >= 11 is 0. The zero-order valence-corrected chi connectivity index (χ0v) is 10.9. The smallest absolute Gasteiger partial charge is 0.123 e. The lowest BCUT2D eigenvalue weighted by atomic mass is 10.1. The molecule has 1 aliphatic heterocycles. The van der Waals surface area contributed by atoms with E-state index in [9.17, 15) is 4.39 Å². The van der Waals surface area contributed by atoms with Gasteiger partial charge in [0, 0.05) is 23.7 Å². The molecular formula is C17H14FNO. The Hall–Kier alpha value is -2.29. The Morgan fingerprint density at radius 2 is 2.05 bits per heavy atom. The Morgan fingerprint density at radius 3 is 3.00 bits per heavy atom. The first kappa shape index (κ1) is 11.5. The number of aromatic nitrogens is 1. The van der Waals surface area contributed by atoms with Gasteiger partial charge in [-0.15, -0.1) is 0 Å². The minimum absolute atomic E-state index is 0.0719. The molecule has 0 aliphatic carbocycles. The van der Waals surface area contributed by atoms with Crippen LogP contribution in [0.25, 0.3) is 10.9 Å². The number of halogens is 1. The molecule has 2 heterocycles. The molecule has 0 amide bonds. The van der Waals surface area contributed by atoms with Crippen LogP contribution in [0.5, 0.6) is 5.75 Å². The largest absolute Gasteiger partial charge is 0.488 e.